The first-order valence-corrected chi connectivity index (χ1v) is 10.6. The Bertz CT molecular complexity index is 961. The Balaban J connectivity index is 1.54. The standard InChI is InChI=1S/C21H28F3N5O3/c1-3-28-19(26-29(20(28)31)12-13-32-2)15-8-10-27(11-9-15)14-18(30)25-17-6-4-16(5-7-17)21(22,23)24/h4-7,15H,3,8-14H2,1-2H3,(H,25,30). The number of carbonyl (C=O) groups excluding carboxylic acids is 1. The maximum absolute atomic E-state index is 12.6. The fourth-order valence-corrected chi connectivity index (χ4v) is 3.88. The van der Waals surface area contributed by atoms with Crippen LogP contribution in [0, 0.1) is 0 Å². The number of piperidine rings is 1. The molecule has 1 saturated heterocycles. The molecule has 3 rings (SSSR count). The number of alkyl halides is 3. The molecule has 1 aromatic heterocycles. The van der Waals surface area contributed by atoms with Crippen LogP contribution in [0.5, 0.6) is 0 Å². The van der Waals surface area contributed by atoms with Crippen LogP contribution in [-0.4, -0.2) is 58.5 Å². The van der Waals surface area contributed by atoms with Crippen molar-refractivity contribution in [2.75, 3.05) is 38.7 Å². The highest BCUT2D eigenvalue weighted by atomic mass is 19.4. The highest BCUT2D eigenvalue weighted by Gasteiger charge is 2.30. The number of anilines is 1. The molecule has 0 saturated carbocycles. The predicted molar refractivity (Wildman–Crippen MR) is 113 cm³/mol. The molecule has 176 valence electrons. The van der Waals surface area contributed by atoms with Gasteiger partial charge in [-0.15, -0.1) is 0 Å². The maximum atomic E-state index is 12.6. The highest BCUT2D eigenvalue weighted by molar-refractivity contribution is 5.92. The predicted octanol–water partition coefficient (Wildman–Crippen LogP) is 2.55. The van der Waals surface area contributed by atoms with Crippen LogP contribution in [0.3, 0.4) is 0 Å². The molecule has 2 aromatic rings. The molecule has 1 aromatic carbocycles. The molecule has 0 aliphatic carbocycles. The molecule has 0 radical (unpaired) electrons. The van der Waals surface area contributed by atoms with Crippen LogP contribution >= 0.6 is 0 Å². The summed E-state index contributed by atoms with van der Waals surface area (Å²) in [5, 5.41) is 7.16. The van der Waals surface area contributed by atoms with Crippen molar-refractivity contribution in [2.24, 2.45) is 0 Å². The molecule has 1 fully saturated rings. The van der Waals surface area contributed by atoms with Gasteiger partial charge in [0.2, 0.25) is 5.91 Å². The van der Waals surface area contributed by atoms with Crippen LogP contribution in [0.4, 0.5) is 18.9 Å². The number of hydrogen-bond donors (Lipinski definition) is 1. The average molecular weight is 455 g/mol. The van der Waals surface area contributed by atoms with E-state index in [0.29, 0.717) is 38.5 Å². The Hall–Kier alpha value is -2.66. The van der Waals surface area contributed by atoms with E-state index in [0.717, 1.165) is 30.8 Å². The minimum atomic E-state index is -4.41. The van der Waals surface area contributed by atoms with Crippen LogP contribution in [0.25, 0.3) is 0 Å². The molecular weight excluding hydrogens is 427 g/mol. The summed E-state index contributed by atoms with van der Waals surface area (Å²) in [5.74, 6) is 0.612. The van der Waals surface area contributed by atoms with Crippen LogP contribution in [-0.2, 0) is 28.8 Å². The van der Waals surface area contributed by atoms with Gasteiger partial charge in [0.25, 0.3) is 0 Å². The van der Waals surface area contributed by atoms with E-state index in [4.69, 9.17) is 4.74 Å². The van der Waals surface area contributed by atoms with Crippen molar-refractivity contribution in [1.29, 1.82) is 0 Å². The van der Waals surface area contributed by atoms with Crippen molar-refractivity contribution < 1.29 is 22.7 Å². The van der Waals surface area contributed by atoms with Crippen LogP contribution in [0.15, 0.2) is 29.1 Å². The number of benzene rings is 1. The lowest BCUT2D eigenvalue weighted by molar-refractivity contribution is -0.137. The zero-order valence-electron chi connectivity index (χ0n) is 18.2. The van der Waals surface area contributed by atoms with Gasteiger partial charge in [0.15, 0.2) is 0 Å². The fraction of sp³-hybridized carbons (Fsp3) is 0.571. The molecule has 11 heteroatoms. The number of halogens is 3. The first-order chi connectivity index (χ1) is 15.2. The molecule has 0 atom stereocenters. The third kappa shape index (κ3) is 5.77. The van der Waals surface area contributed by atoms with Crippen molar-refractivity contribution >= 4 is 11.6 Å². The average Bonchev–Trinajstić information content (AvgIpc) is 3.07. The number of nitrogens with one attached hydrogen (secondary N) is 1. The van der Waals surface area contributed by atoms with Crippen molar-refractivity contribution in [3.63, 3.8) is 0 Å². The van der Waals surface area contributed by atoms with Crippen LogP contribution in [0.1, 0.15) is 37.1 Å². The maximum Gasteiger partial charge on any atom is 0.416 e. The van der Waals surface area contributed by atoms with E-state index >= 15 is 0 Å². The molecule has 1 aliphatic heterocycles. The monoisotopic (exact) mass is 455 g/mol. The Morgan fingerprint density at radius 2 is 1.88 bits per heavy atom. The van der Waals surface area contributed by atoms with E-state index in [9.17, 15) is 22.8 Å². The summed E-state index contributed by atoms with van der Waals surface area (Å²) >= 11 is 0. The molecule has 1 aliphatic rings. The highest BCUT2D eigenvalue weighted by Crippen LogP contribution is 2.30. The Labute approximate surface area is 184 Å². The topological polar surface area (TPSA) is 81.4 Å². The number of methoxy groups -OCH3 is 1. The third-order valence-corrected chi connectivity index (χ3v) is 5.59. The molecule has 1 amide bonds. The summed E-state index contributed by atoms with van der Waals surface area (Å²) in [5.41, 5.74) is -0.572. The van der Waals surface area contributed by atoms with Gasteiger partial charge in [0.05, 0.1) is 25.3 Å². The van der Waals surface area contributed by atoms with E-state index in [-0.39, 0.29) is 24.1 Å². The zero-order chi connectivity index (χ0) is 23.3. The van der Waals surface area contributed by atoms with Gasteiger partial charge in [-0.3, -0.25) is 14.3 Å². The number of nitrogens with zero attached hydrogens (tertiary/aromatic N) is 4. The number of ether oxygens (including phenoxy) is 1. The molecule has 32 heavy (non-hydrogen) atoms. The zero-order valence-corrected chi connectivity index (χ0v) is 18.2. The van der Waals surface area contributed by atoms with E-state index in [1.54, 1.807) is 11.7 Å². The first kappa shape index (κ1) is 24.0. The van der Waals surface area contributed by atoms with Gasteiger partial charge in [-0.2, -0.15) is 18.3 Å². The number of rotatable bonds is 8. The number of likely N-dealkylation sites (tertiary alicyclic amines) is 1. The summed E-state index contributed by atoms with van der Waals surface area (Å²) in [6.45, 7) is 4.73. The van der Waals surface area contributed by atoms with Gasteiger partial charge >= 0.3 is 11.9 Å². The summed E-state index contributed by atoms with van der Waals surface area (Å²) < 4.78 is 46.1. The van der Waals surface area contributed by atoms with Gasteiger partial charge in [-0.25, -0.2) is 9.48 Å². The number of aromatic nitrogens is 3. The Kier molecular flexibility index (Phi) is 7.73. The van der Waals surface area contributed by atoms with Gasteiger partial charge in [0, 0.05) is 25.3 Å². The quantitative estimate of drug-likeness (QED) is 0.662. The van der Waals surface area contributed by atoms with Crippen LogP contribution in [0.2, 0.25) is 0 Å². The Morgan fingerprint density at radius 1 is 1.22 bits per heavy atom. The second-order valence-corrected chi connectivity index (χ2v) is 7.77. The molecule has 0 bridgehead atoms. The lowest BCUT2D eigenvalue weighted by atomic mass is 9.96. The van der Waals surface area contributed by atoms with Gasteiger partial charge < -0.3 is 10.1 Å². The molecule has 0 unspecified atom stereocenters. The van der Waals surface area contributed by atoms with E-state index in [1.165, 1.54) is 16.8 Å². The van der Waals surface area contributed by atoms with Gasteiger partial charge in [-0.1, -0.05) is 0 Å². The number of amides is 1. The van der Waals surface area contributed by atoms with Gasteiger partial charge in [-0.05, 0) is 57.1 Å². The van der Waals surface area contributed by atoms with E-state index in [1.807, 2.05) is 11.8 Å². The molecule has 8 nitrogen and oxygen atoms in total. The molecule has 2 heterocycles. The minimum Gasteiger partial charge on any atom is -0.383 e. The minimum absolute atomic E-state index is 0.126. The third-order valence-electron chi connectivity index (χ3n) is 5.59. The lowest BCUT2D eigenvalue weighted by Gasteiger charge is -2.30. The molecule has 0 spiro atoms. The van der Waals surface area contributed by atoms with Crippen LogP contribution < -0.4 is 11.0 Å². The van der Waals surface area contributed by atoms with Crippen molar-refractivity contribution in [3.8, 4) is 0 Å². The van der Waals surface area contributed by atoms with Crippen molar-refractivity contribution in [1.82, 2.24) is 19.2 Å². The fourth-order valence-electron chi connectivity index (χ4n) is 3.88. The summed E-state index contributed by atoms with van der Waals surface area (Å²) in [6.07, 6.45) is -2.89. The van der Waals surface area contributed by atoms with E-state index in [2.05, 4.69) is 10.4 Å². The van der Waals surface area contributed by atoms with Gasteiger partial charge in [0.1, 0.15) is 5.82 Å². The number of hydrogen-bond acceptors (Lipinski definition) is 5. The second-order valence-electron chi connectivity index (χ2n) is 7.77. The SMILES string of the molecule is CCn1c(C2CCN(CC(=O)Nc3ccc(C(F)(F)F)cc3)CC2)nn(CCOC)c1=O. The normalized spacial score (nSPS) is 15.8. The van der Waals surface area contributed by atoms with Crippen molar-refractivity contribution in [3.05, 3.63) is 46.1 Å². The lowest BCUT2D eigenvalue weighted by Crippen LogP contribution is -2.39. The summed E-state index contributed by atoms with van der Waals surface area (Å²) in [4.78, 5) is 26.8. The smallest absolute Gasteiger partial charge is 0.383 e. The van der Waals surface area contributed by atoms with Crippen molar-refractivity contribution in [2.45, 2.75) is 44.9 Å². The van der Waals surface area contributed by atoms with E-state index < -0.39 is 11.7 Å². The summed E-state index contributed by atoms with van der Waals surface area (Å²) in [6, 6.07) is 4.38. The largest absolute Gasteiger partial charge is 0.416 e. The summed E-state index contributed by atoms with van der Waals surface area (Å²) in [7, 11) is 1.58. The number of carbonyl (C=O) groups is 1. The second kappa shape index (κ2) is 10.3. The molecule has 1 N–H and O–H groups in total. The Morgan fingerprint density at radius 3 is 2.44 bits per heavy atom. The molecular formula is C21H28F3N5O3. The first-order valence-electron chi connectivity index (χ1n) is 10.6.